The van der Waals surface area contributed by atoms with Crippen molar-refractivity contribution in [2.45, 2.75) is 6.18 Å². The van der Waals surface area contributed by atoms with E-state index in [-0.39, 0.29) is 11.7 Å². The Morgan fingerprint density at radius 1 is 0.808 bits per heavy atom. The summed E-state index contributed by atoms with van der Waals surface area (Å²) in [5.74, 6) is 0.280. The Morgan fingerprint density at radius 2 is 1.42 bits per heavy atom. The van der Waals surface area contributed by atoms with Crippen molar-refractivity contribution < 1.29 is 18.0 Å². The van der Waals surface area contributed by atoms with Gasteiger partial charge in [-0.15, -0.1) is 10.2 Å². The number of alkyl halides is 3. The second-order valence-corrected chi connectivity index (χ2v) is 5.32. The van der Waals surface area contributed by atoms with Gasteiger partial charge < -0.3 is 10.6 Å². The largest absolute Gasteiger partial charge is 0.416 e. The van der Waals surface area contributed by atoms with Crippen LogP contribution in [0.3, 0.4) is 0 Å². The maximum Gasteiger partial charge on any atom is 0.416 e. The van der Waals surface area contributed by atoms with Crippen molar-refractivity contribution >= 4 is 23.2 Å². The molecule has 0 aliphatic heterocycles. The first-order chi connectivity index (χ1) is 12.4. The molecule has 132 valence electrons. The molecule has 26 heavy (non-hydrogen) atoms. The van der Waals surface area contributed by atoms with Crippen molar-refractivity contribution in [2.75, 3.05) is 10.6 Å². The van der Waals surface area contributed by atoms with Gasteiger partial charge in [0, 0.05) is 11.3 Å². The van der Waals surface area contributed by atoms with Crippen molar-refractivity contribution in [3.8, 4) is 0 Å². The van der Waals surface area contributed by atoms with E-state index in [0.29, 0.717) is 17.1 Å². The lowest BCUT2D eigenvalue weighted by molar-refractivity contribution is -0.137. The fourth-order valence-corrected chi connectivity index (χ4v) is 2.13. The number of rotatable bonds is 4. The minimum Gasteiger partial charge on any atom is -0.339 e. The third kappa shape index (κ3) is 4.35. The van der Waals surface area contributed by atoms with Gasteiger partial charge in [0.15, 0.2) is 11.6 Å². The van der Waals surface area contributed by atoms with Crippen LogP contribution in [0.25, 0.3) is 0 Å². The number of aromatic nitrogens is 2. The average Bonchev–Trinajstić information content (AvgIpc) is 2.64. The molecule has 0 saturated heterocycles. The van der Waals surface area contributed by atoms with Crippen LogP contribution in [0.1, 0.15) is 15.9 Å². The highest BCUT2D eigenvalue weighted by molar-refractivity contribution is 6.03. The van der Waals surface area contributed by atoms with E-state index in [2.05, 4.69) is 20.8 Å². The highest BCUT2D eigenvalue weighted by Crippen LogP contribution is 2.30. The molecule has 0 saturated carbocycles. The summed E-state index contributed by atoms with van der Waals surface area (Å²) < 4.78 is 37.6. The zero-order valence-corrected chi connectivity index (χ0v) is 13.3. The molecular weight excluding hydrogens is 345 g/mol. The van der Waals surface area contributed by atoms with Crippen LogP contribution in [-0.2, 0) is 6.18 Å². The summed E-state index contributed by atoms with van der Waals surface area (Å²) in [5.41, 5.74) is 0.197. The number of halogens is 3. The molecule has 0 fully saturated rings. The molecule has 5 nitrogen and oxygen atoms in total. The number of carbonyl (C=O) groups is 1. The molecule has 8 heteroatoms. The zero-order valence-electron chi connectivity index (χ0n) is 13.3. The molecule has 0 aliphatic rings. The highest BCUT2D eigenvalue weighted by Gasteiger charge is 2.29. The first-order valence-electron chi connectivity index (χ1n) is 7.56. The highest BCUT2D eigenvalue weighted by atomic mass is 19.4. The lowest BCUT2D eigenvalue weighted by Gasteiger charge is -2.09. The fraction of sp³-hybridized carbons (Fsp3) is 0.0556. The van der Waals surface area contributed by atoms with Crippen LogP contribution in [0.2, 0.25) is 0 Å². The van der Waals surface area contributed by atoms with Gasteiger partial charge >= 0.3 is 6.18 Å². The van der Waals surface area contributed by atoms with E-state index in [0.717, 1.165) is 12.1 Å². The van der Waals surface area contributed by atoms with Crippen LogP contribution < -0.4 is 10.6 Å². The van der Waals surface area contributed by atoms with E-state index in [9.17, 15) is 18.0 Å². The lowest BCUT2D eigenvalue weighted by Crippen LogP contribution is -2.13. The second kappa shape index (κ2) is 7.22. The van der Waals surface area contributed by atoms with Crippen molar-refractivity contribution in [3.05, 3.63) is 77.9 Å². The molecule has 3 aromatic rings. The summed E-state index contributed by atoms with van der Waals surface area (Å²) in [6.07, 6.45) is -4.38. The zero-order chi connectivity index (χ0) is 18.6. The maximum absolute atomic E-state index is 12.5. The van der Waals surface area contributed by atoms with Gasteiger partial charge in [-0.25, -0.2) is 0 Å². The second-order valence-electron chi connectivity index (χ2n) is 5.32. The summed E-state index contributed by atoms with van der Waals surface area (Å²) in [4.78, 5) is 12.0. The molecule has 0 aliphatic carbocycles. The number of benzene rings is 2. The molecule has 1 heterocycles. The van der Waals surface area contributed by atoms with Gasteiger partial charge in [0.1, 0.15) is 0 Å². The summed E-state index contributed by atoms with van der Waals surface area (Å²) in [7, 11) is 0. The van der Waals surface area contributed by atoms with Gasteiger partial charge in [0.2, 0.25) is 0 Å². The Balaban J connectivity index is 1.63. The third-order valence-electron chi connectivity index (χ3n) is 3.43. The standard InChI is InChI=1S/C18H13F3N4O/c19-18(20,21)13-6-8-14(9-7-13)22-15-10-11-16(25-24-15)23-17(26)12-4-2-1-3-5-12/h1-11H,(H,22,24)(H,23,25,26). The van der Waals surface area contributed by atoms with Crippen LogP contribution in [0.5, 0.6) is 0 Å². The Morgan fingerprint density at radius 3 is 2.00 bits per heavy atom. The van der Waals surface area contributed by atoms with E-state index < -0.39 is 11.7 Å². The minimum atomic E-state index is -4.38. The van der Waals surface area contributed by atoms with Crippen molar-refractivity contribution in [1.29, 1.82) is 0 Å². The van der Waals surface area contributed by atoms with Gasteiger partial charge in [-0.2, -0.15) is 13.2 Å². The third-order valence-corrected chi connectivity index (χ3v) is 3.43. The fourth-order valence-electron chi connectivity index (χ4n) is 2.13. The molecule has 0 spiro atoms. The van der Waals surface area contributed by atoms with Crippen LogP contribution in [0.4, 0.5) is 30.5 Å². The van der Waals surface area contributed by atoms with Crippen LogP contribution >= 0.6 is 0 Å². The maximum atomic E-state index is 12.5. The Kier molecular flexibility index (Phi) is 4.83. The normalized spacial score (nSPS) is 11.0. The first kappa shape index (κ1) is 17.4. The van der Waals surface area contributed by atoms with Gasteiger partial charge in [0.25, 0.3) is 5.91 Å². The SMILES string of the molecule is O=C(Nc1ccc(Nc2ccc(C(F)(F)F)cc2)nn1)c1ccccc1. The van der Waals surface area contributed by atoms with Gasteiger partial charge in [-0.3, -0.25) is 4.79 Å². The number of nitrogens with zero attached hydrogens (tertiary/aromatic N) is 2. The average molecular weight is 358 g/mol. The summed E-state index contributed by atoms with van der Waals surface area (Å²) in [5, 5.41) is 13.2. The molecule has 1 amide bonds. The number of hydrogen-bond acceptors (Lipinski definition) is 4. The van der Waals surface area contributed by atoms with Crippen molar-refractivity contribution in [1.82, 2.24) is 10.2 Å². The predicted octanol–water partition coefficient (Wildman–Crippen LogP) is 4.49. The monoisotopic (exact) mass is 358 g/mol. The topological polar surface area (TPSA) is 66.9 Å². The molecule has 2 aromatic carbocycles. The quantitative estimate of drug-likeness (QED) is 0.721. The Hall–Kier alpha value is -3.42. The van der Waals surface area contributed by atoms with Gasteiger partial charge in [0.05, 0.1) is 5.56 Å². The number of amides is 1. The van der Waals surface area contributed by atoms with Crippen LogP contribution in [-0.4, -0.2) is 16.1 Å². The Labute approximate surface area is 146 Å². The molecule has 3 rings (SSSR count). The molecule has 0 bridgehead atoms. The van der Waals surface area contributed by atoms with Crippen molar-refractivity contribution in [3.63, 3.8) is 0 Å². The lowest BCUT2D eigenvalue weighted by atomic mass is 10.2. The van der Waals surface area contributed by atoms with E-state index in [1.54, 1.807) is 42.5 Å². The first-order valence-corrected chi connectivity index (χ1v) is 7.56. The van der Waals surface area contributed by atoms with Gasteiger partial charge in [-0.05, 0) is 48.5 Å². The Bertz CT molecular complexity index is 879. The minimum absolute atomic E-state index is 0.261. The number of carbonyl (C=O) groups excluding carboxylic acids is 1. The van der Waals surface area contributed by atoms with Crippen LogP contribution in [0.15, 0.2) is 66.7 Å². The molecule has 0 atom stereocenters. The van der Waals surface area contributed by atoms with E-state index in [1.807, 2.05) is 0 Å². The molecule has 2 N–H and O–H groups in total. The van der Waals surface area contributed by atoms with Gasteiger partial charge in [-0.1, -0.05) is 18.2 Å². The molecule has 0 radical (unpaired) electrons. The molecule has 1 aromatic heterocycles. The molecule has 0 unspecified atom stereocenters. The summed E-state index contributed by atoms with van der Waals surface area (Å²) >= 11 is 0. The molecular formula is C18H13F3N4O. The van der Waals surface area contributed by atoms with E-state index >= 15 is 0 Å². The smallest absolute Gasteiger partial charge is 0.339 e. The van der Waals surface area contributed by atoms with Crippen LogP contribution in [0, 0.1) is 0 Å². The van der Waals surface area contributed by atoms with E-state index in [4.69, 9.17) is 0 Å². The number of nitrogens with one attached hydrogen (secondary N) is 2. The predicted molar refractivity (Wildman–Crippen MR) is 91.2 cm³/mol. The van der Waals surface area contributed by atoms with E-state index in [1.165, 1.54) is 12.1 Å². The summed E-state index contributed by atoms with van der Waals surface area (Å²) in [6.45, 7) is 0. The number of hydrogen-bond donors (Lipinski definition) is 2. The van der Waals surface area contributed by atoms with Crippen molar-refractivity contribution in [2.24, 2.45) is 0 Å². The summed E-state index contributed by atoms with van der Waals surface area (Å²) in [6, 6.07) is 16.3. The number of anilines is 3.